The predicted octanol–water partition coefficient (Wildman–Crippen LogP) is 3.32. The SMILES string of the molecule is CCNCC(C)c1c(C)nc(C2CC2(C)C)nc1C. The molecule has 0 saturated heterocycles. The number of hydrogen-bond donors (Lipinski definition) is 1. The van der Waals surface area contributed by atoms with Crippen LogP contribution in [0.15, 0.2) is 0 Å². The Morgan fingerprint density at radius 1 is 1.26 bits per heavy atom. The molecule has 1 fully saturated rings. The predicted molar refractivity (Wildman–Crippen MR) is 79.6 cm³/mol. The maximum absolute atomic E-state index is 4.78. The van der Waals surface area contributed by atoms with Crippen molar-refractivity contribution in [3.8, 4) is 0 Å². The van der Waals surface area contributed by atoms with Crippen LogP contribution < -0.4 is 5.32 Å². The number of nitrogens with zero attached hydrogens (tertiary/aromatic N) is 2. The summed E-state index contributed by atoms with van der Waals surface area (Å²) in [6.07, 6.45) is 1.22. The highest BCUT2D eigenvalue weighted by Crippen LogP contribution is 2.57. The van der Waals surface area contributed by atoms with E-state index in [0.717, 1.165) is 30.3 Å². The van der Waals surface area contributed by atoms with Gasteiger partial charge in [-0.2, -0.15) is 0 Å². The van der Waals surface area contributed by atoms with Gasteiger partial charge in [0.05, 0.1) is 0 Å². The molecule has 0 aliphatic heterocycles. The first kappa shape index (κ1) is 14.4. The third-order valence-electron chi connectivity index (χ3n) is 4.36. The molecule has 19 heavy (non-hydrogen) atoms. The zero-order chi connectivity index (χ0) is 14.2. The van der Waals surface area contributed by atoms with Crippen molar-refractivity contribution in [3.63, 3.8) is 0 Å². The third kappa shape index (κ3) is 2.97. The molecule has 1 aromatic rings. The number of aromatic nitrogens is 2. The smallest absolute Gasteiger partial charge is 0.132 e. The summed E-state index contributed by atoms with van der Waals surface area (Å²) in [6.45, 7) is 15.3. The quantitative estimate of drug-likeness (QED) is 0.883. The van der Waals surface area contributed by atoms with Gasteiger partial charge in [-0.25, -0.2) is 9.97 Å². The van der Waals surface area contributed by atoms with Gasteiger partial charge in [0.25, 0.3) is 0 Å². The molecular weight excluding hydrogens is 234 g/mol. The standard InChI is InChI=1S/C16H27N3/c1-7-17-9-10(2)14-11(3)18-15(19-12(14)4)13-8-16(13,5)6/h10,13,17H,7-9H2,1-6H3. The molecule has 0 amide bonds. The van der Waals surface area contributed by atoms with Crippen LogP contribution >= 0.6 is 0 Å². The fourth-order valence-corrected chi connectivity index (χ4v) is 2.99. The lowest BCUT2D eigenvalue weighted by Gasteiger charge is -2.18. The lowest BCUT2D eigenvalue weighted by Crippen LogP contribution is -2.21. The van der Waals surface area contributed by atoms with E-state index in [-0.39, 0.29) is 0 Å². The van der Waals surface area contributed by atoms with Gasteiger partial charge in [-0.15, -0.1) is 0 Å². The van der Waals surface area contributed by atoms with Crippen LogP contribution in [-0.4, -0.2) is 23.1 Å². The third-order valence-corrected chi connectivity index (χ3v) is 4.36. The summed E-state index contributed by atoms with van der Waals surface area (Å²) in [4.78, 5) is 9.56. The van der Waals surface area contributed by atoms with Crippen LogP contribution in [0.3, 0.4) is 0 Å². The van der Waals surface area contributed by atoms with Crippen LogP contribution in [-0.2, 0) is 0 Å². The fraction of sp³-hybridized carbons (Fsp3) is 0.750. The number of rotatable bonds is 5. The van der Waals surface area contributed by atoms with Gasteiger partial charge in [0.1, 0.15) is 5.82 Å². The van der Waals surface area contributed by atoms with Crippen molar-refractivity contribution < 1.29 is 0 Å². The van der Waals surface area contributed by atoms with Crippen molar-refractivity contribution in [2.45, 2.75) is 59.8 Å². The normalized spacial score (nSPS) is 22.3. The van der Waals surface area contributed by atoms with Crippen LogP contribution in [0.2, 0.25) is 0 Å². The van der Waals surface area contributed by atoms with Crippen molar-refractivity contribution in [2.24, 2.45) is 5.41 Å². The summed E-state index contributed by atoms with van der Waals surface area (Å²) in [6, 6.07) is 0. The first-order chi connectivity index (χ1) is 8.86. The summed E-state index contributed by atoms with van der Waals surface area (Å²) >= 11 is 0. The maximum atomic E-state index is 4.78. The van der Waals surface area contributed by atoms with E-state index in [1.54, 1.807) is 0 Å². The van der Waals surface area contributed by atoms with Crippen molar-refractivity contribution >= 4 is 0 Å². The van der Waals surface area contributed by atoms with Gasteiger partial charge in [-0.05, 0) is 43.7 Å². The highest BCUT2D eigenvalue weighted by atomic mass is 14.9. The molecule has 1 N–H and O–H groups in total. The summed E-state index contributed by atoms with van der Waals surface area (Å²) in [5.41, 5.74) is 4.05. The Morgan fingerprint density at radius 2 is 1.79 bits per heavy atom. The lowest BCUT2D eigenvalue weighted by molar-refractivity contribution is 0.597. The average molecular weight is 261 g/mol. The average Bonchev–Trinajstić information content (AvgIpc) is 2.95. The Labute approximate surface area is 117 Å². The van der Waals surface area contributed by atoms with Crippen LogP contribution in [0.5, 0.6) is 0 Å². The fourth-order valence-electron chi connectivity index (χ4n) is 2.99. The van der Waals surface area contributed by atoms with Crippen LogP contribution in [0, 0.1) is 19.3 Å². The lowest BCUT2D eigenvalue weighted by atomic mass is 9.97. The number of hydrogen-bond acceptors (Lipinski definition) is 3. The molecule has 1 aliphatic rings. The molecular formula is C16H27N3. The molecule has 1 heterocycles. The van der Waals surface area contributed by atoms with Crippen LogP contribution in [0.1, 0.15) is 68.7 Å². The minimum Gasteiger partial charge on any atom is -0.316 e. The molecule has 1 aromatic heterocycles. The Balaban J connectivity index is 2.23. The zero-order valence-electron chi connectivity index (χ0n) is 13.2. The van der Waals surface area contributed by atoms with Crippen molar-refractivity contribution in [1.82, 2.24) is 15.3 Å². The molecule has 0 bridgehead atoms. The van der Waals surface area contributed by atoms with Crippen molar-refractivity contribution in [3.05, 3.63) is 22.8 Å². The molecule has 0 spiro atoms. The van der Waals surface area contributed by atoms with Crippen LogP contribution in [0.25, 0.3) is 0 Å². The van der Waals surface area contributed by atoms with E-state index >= 15 is 0 Å². The van der Waals surface area contributed by atoms with Gasteiger partial charge in [-0.1, -0.05) is 27.7 Å². The first-order valence-electron chi connectivity index (χ1n) is 7.42. The Bertz CT molecular complexity index is 442. The summed E-state index contributed by atoms with van der Waals surface area (Å²) in [7, 11) is 0. The Kier molecular flexibility index (Phi) is 3.95. The van der Waals surface area contributed by atoms with E-state index in [2.05, 4.69) is 46.9 Å². The van der Waals surface area contributed by atoms with E-state index in [9.17, 15) is 0 Å². The second-order valence-electron chi connectivity index (χ2n) is 6.62. The van der Waals surface area contributed by atoms with Gasteiger partial charge < -0.3 is 5.32 Å². The molecule has 2 atom stereocenters. The summed E-state index contributed by atoms with van der Waals surface area (Å²) < 4.78 is 0. The minimum absolute atomic E-state index is 0.399. The van der Waals surface area contributed by atoms with E-state index in [1.165, 1.54) is 12.0 Å². The molecule has 2 unspecified atom stereocenters. The molecule has 3 nitrogen and oxygen atoms in total. The molecule has 3 heteroatoms. The van der Waals surface area contributed by atoms with Gasteiger partial charge in [-0.3, -0.25) is 0 Å². The molecule has 106 valence electrons. The molecule has 1 saturated carbocycles. The topological polar surface area (TPSA) is 37.8 Å². The van der Waals surface area contributed by atoms with E-state index in [1.807, 2.05) is 0 Å². The van der Waals surface area contributed by atoms with E-state index in [0.29, 0.717) is 17.3 Å². The highest BCUT2D eigenvalue weighted by Gasteiger charge is 2.48. The van der Waals surface area contributed by atoms with Gasteiger partial charge in [0, 0.05) is 23.9 Å². The number of likely N-dealkylation sites (N-methyl/N-ethyl adjacent to an activating group) is 1. The molecule has 1 aliphatic carbocycles. The molecule has 2 rings (SSSR count). The number of nitrogens with one attached hydrogen (secondary N) is 1. The first-order valence-corrected chi connectivity index (χ1v) is 7.42. The summed E-state index contributed by atoms with van der Waals surface area (Å²) in [5, 5.41) is 3.41. The van der Waals surface area contributed by atoms with E-state index < -0.39 is 0 Å². The zero-order valence-corrected chi connectivity index (χ0v) is 13.2. The van der Waals surface area contributed by atoms with Gasteiger partial charge >= 0.3 is 0 Å². The maximum Gasteiger partial charge on any atom is 0.132 e. The van der Waals surface area contributed by atoms with Crippen LogP contribution in [0.4, 0.5) is 0 Å². The van der Waals surface area contributed by atoms with Crippen molar-refractivity contribution in [1.29, 1.82) is 0 Å². The Hall–Kier alpha value is -0.960. The minimum atomic E-state index is 0.399. The molecule has 0 radical (unpaired) electrons. The number of aryl methyl sites for hydroxylation is 2. The summed E-state index contributed by atoms with van der Waals surface area (Å²) in [5.74, 6) is 2.09. The highest BCUT2D eigenvalue weighted by molar-refractivity contribution is 5.30. The Morgan fingerprint density at radius 3 is 2.21 bits per heavy atom. The molecule has 0 aromatic carbocycles. The second kappa shape index (κ2) is 5.20. The monoisotopic (exact) mass is 261 g/mol. The second-order valence-corrected chi connectivity index (χ2v) is 6.62. The van der Waals surface area contributed by atoms with E-state index in [4.69, 9.17) is 9.97 Å². The van der Waals surface area contributed by atoms with Gasteiger partial charge in [0.2, 0.25) is 0 Å². The van der Waals surface area contributed by atoms with Gasteiger partial charge in [0.15, 0.2) is 0 Å². The van der Waals surface area contributed by atoms with Crippen molar-refractivity contribution in [2.75, 3.05) is 13.1 Å². The largest absolute Gasteiger partial charge is 0.316 e.